The van der Waals surface area contributed by atoms with E-state index in [1.165, 1.54) is 0 Å². The van der Waals surface area contributed by atoms with Gasteiger partial charge >= 0.3 is 0 Å². The monoisotopic (exact) mass is 322 g/mol. The van der Waals surface area contributed by atoms with Gasteiger partial charge in [0.1, 0.15) is 0 Å². The predicted octanol–water partition coefficient (Wildman–Crippen LogP) is 1.54. The molecule has 2 heterocycles. The summed E-state index contributed by atoms with van der Waals surface area (Å²) in [5.41, 5.74) is 1.34. The van der Waals surface area contributed by atoms with E-state index in [1.54, 1.807) is 0 Å². The Hall–Kier alpha value is -1.24. The Labute approximate surface area is 139 Å². The average molecular weight is 322 g/mol. The summed E-state index contributed by atoms with van der Waals surface area (Å²) >= 11 is 0. The van der Waals surface area contributed by atoms with Crippen LogP contribution >= 0.6 is 0 Å². The number of hydrogen-bond acceptors (Lipinski definition) is 6. The molecule has 0 spiro atoms. The number of aliphatic hydroxyl groups excluding tert-OH is 1. The molecule has 0 bridgehead atoms. The zero-order valence-electron chi connectivity index (χ0n) is 14.7. The van der Waals surface area contributed by atoms with E-state index in [-0.39, 0.29) is 12.0 Å². The summed E-state index contributed by atoms with van der Waals surface area (Å²) in [6, 6.07) is 0. The molecule has 1 N–H and O–H groups in total. The summed E-state index contributed by atoms with van der Waals surface area (Å²) in [5.74, 6) is 0.787. The number of rotatable bonds is 7. The average Bonchev–Trinajstić information content (AvgIpc) is 2.53. The molecule has 0 amide bonds. The van der Waals surface area contributed by atoms with Gasteiger partial charge in [-0.2, -0.15) is 0 Å². The summed E-state index contributed by atoms with van der Waals surface area (Å²) in [6.45, 7) is 12.8. The van der Waals surface area contributed by atoms with Crippen LogP contribution in [0.15, 0.2) is 12.4 Å². The summed E-state index contributed by atoms with van der Waals surface area (Å²) in [4.78, 5) is 13.6. The Balaban J connectivity index is 1.95. The largest absolute Gasteiger partial charge is 0.396 e. The Morgan fingerprint density at radius 3 is 2.43 bits per heavy atom. The molecule has 0 radical (unpaired) electrons. The highest BCUT2D eigenvalue weighted by Gasteiger charge is 2.17. The molecule has 6 heteroatoms. The first-order chi connectivity index (χ1) is 11.0. The molecule has 1 aliphatic heterocycles. The van der Waals surface area contributed by atoms with Crippen LogP contribution in [0.25, 0.3) is 0 Å². The first-order valence-electron chi connectivity index (χ1n) is 8.45. The maximum Gasteiger partial charge on any atom is 0.225 e. The van der Waals surface area contributed by atoms with Gasteiger partial charge in [0.05, 0.1) is 13.2 Å². The number of hydrogen-bond donors (Lipinski definition) is 1. The van der Waals surface area contributed by atoms with Crippen LogP contribution in [0.2, 0.25) is 0 Å². The van der Waals surface area contributed by atoms with E-state index in [1.807, 2.05) is 12.4 Å². The van der Waals surface area contributed by atoms with Crippen LogP contribution < -0.4 is 4.90 Å². The summed E-state index contributed by atoms with van der Waals surface area (Å²) < 4.78 is 5.36. The highest BCUT2D eigenvalue weighted by molar-refractivity contribution is 5.30. The molecular weight excluding hydrogens is 292 g/mol. The quantitative estimate of drug-likeness (QED) is 0.822. The predicted molar refractivity (Wildman–Crippen MR) is 91.5 cm³/mol. The third kappa shape index (κ3) is 6.41. The van der Waals surface area contributed by atoms with Gasteiger partial charge in [0.2, 0.25) is 5.95 Å². The van der Waals surface area contributed by atoms with E-state index in [0.29, 0.717) is 0 Å². The van der Waals surface area contributed by atoms with Gasteiger partial charge in [-0.05, 0) is 11.8 Å². The maximum absolute atomic E-state index is 9.09. The second kappa shape index (κ2) is 8.57. The van der Waals surface area contributed by atoms with Crippen LogP contribution in [0.1, 0.15) is 32.8 Å². The van der Waals surface area contributed by atoms with Crippen LogP contribution in [0.5, 0.6) is 0 Å². The van der Waals surface area contributed by atoms with Gasteiger partial charge in [-0.1, -0.05) is 20.8 Å². The van der Waals surface area contributed by atoms with Crippen molar-refractivity contribution in [3.05, 3.63) is 18.0 Å². The summed E-state index contributed by atoms with van der Waals surface area (Å²) in [5, 5.41) is 9.09. The molecule has 1 saturated heterocycles. The van der Waals surface area contributed by atoms with E-state index >= 15 is 0 Å². The molecule has 23 heavy (non-hydrogen) atoms. The second-order valence-electron chi connectivity index (χ2n) is 7.34. The van der Waals surface area contributed by atoms with Gasteiger partial charge in [-0.3, -0.25) is 4.90 Å². The van der Waals surface area contributed by atoms with Crippen molar-refractivity contribution in [3.8, 4) is 0 Å². The Morgan fingerprint density at radius 1 is 1.22 bits per heavy atom. The van der Waals surface area contributed by atoms with E-state index < -0.39 is 0 Å². The minimum atomic E-state index is 0.226. The first kappa shape index (κ1) is 18.1. The van der Waals surface area contributed by atoms with E-state index in [4.69, 9.17) is 9.84 Å². The van der Waals surface area contributed by atoms with Crippen LogP contribution in [-0.4, -0.2) is 66.0 Å². The lowest BCUT2D eigenvalue weighted by Crippen LogP contribution is -2.37. The van der Waals surface area contributed by atoms with Crippen LogP contribution in [-0.2, 0) is 11.3 Å². The third-order valence-corrected chi connectivity index (χ3v) is 3.72. The zero-order valence-corrected chi connectivity index (χ0v) is 14.7. The lowest BCUT2D eigenvalue weighted by molar-refractivity contribution is 0.122. The minimum absolute atomic E-state index is 0.226. The second-order valence-corrected chi connectivity index (χ2v) is 7.34. The van der Waals surface area contributed by atoms with Crippen LogP contribution in [0, 0.1) is 5.41 Å². The lowest BCUT2D eigenvalue weighted by Gasteiger charge is -2.30. The first-order valence-corrected chi connectivity index (χ1v) is 8.45. The van der Waals surface area contributed by atoms with Gasteiger partial charge in [0.15, 0.2) is 0 Å². The number of ether oxygens (including phenoxy) is 1. The molecule has 0 unspecified atom stereocenters. The summed E-state index contributed by atoms with van der Waals surface area (Å²) in [7, 11) is 0. The molecule has 6 nitrogen and oxygen atoms in total. The van der Waals surface area contributed by atoms with Gasteiger partial charge in [-0.15, -0.1) is 0 Å². The van der Waals surface area contributed by atoms with Gasteiger partial charge in [0.25, 0.3) is 0 Å². The topological polar surface area (TPSA) is 61.7 Å². The standard InChI is InChI=1S/C17H30N4O2/c1-17(2,3)14-20(5-4-8-22)13-15-11-18-16(19-12-15)21-6-9-23-10-7-21/h11-12,22H,4-10,13-14H2,1-3H3. The van der Waals surface area contributed by atoms with Gasteiger partial charge in [0, 0.05) is 57.3 Å². The van der Waals surface area contributed by atoms with Crippen molar-refractivity contribution < 1.29 is 9.84 Å². The number of aromatic nitrogens is 2. The molecule has 0 aliphatic carbocycles. The highest BCUT2D eigenvalue weighted by atomic mass is 16.5. The fraction of sp³-hybridized carbons (Fsp3) is 0.765. The smallest absolute Gasteiger partial charge is 0.225 e. The third-order valence-electron chi connectivity index (χ3n) is 3.72. The van der Waals surface area contributed by atoms with Crippen LogP contribution in [0.4, 0.5) is 5.95 Å². The van der Waals surface area contributed by atoms with Crippen molar-refractivity contribution in [1.82, 2.24) is 14.9 Å². The number of anilines is 1. The molecule has 1 fully saturated rings. The highest BCUT2D eigenvalue weighted by Crippen LogP contribution is 2.18. The Kier molecular flexibility index (Phi) is 6.74. The normalized spacial score (nSPS) is 16.1. The van der Waals surface area contributed by atoms with E-state index in [9.17, 15) is 0 Å². The molecule has 1 aromatic rings. The Bertz CT molecular complexity index is 453. The van der Waals surface area contributed by atoms with Crippen molar-refractivity contribution in [2.45, 2.75) is 33.7 Å². The van der Waals surface area contributed by atoms with Crippen molar-refractivity contribution in [1.29, 1.82) is 0 Å². The number of aliphatic hydroxyl groups is 1. The van der Waals surface area contributed by atoms with Crippen molar-refractivity contribution in [2.75, 3.05) is 50.9 Å². The van der Waals surface area contributed by atoms with Crippen LogP contribution in [0.3, 0.4) is 0 Å². The molecule has 0 atom stereocenters. The zero-order chi connectivity index (χ0) is 16.7. The molecule has 0 saturated carbocycles. The molecule has 0 aromatic carbocycles. The SMILES string of the molecule is CC(C)(C)CN(CCCO)Cc1cnc(N2CCOCC2)nc1. The molecule has 130 valence electrons. The van der Waals surface area contributed by atoms with Crippen molar-refractivity contribution in [3.63, 3.8) is 0 Å². The van der Waals surface area contributed by atoms with Crippen molar-refractivity contribution >= 4 is 5.95 Å². The fourth-order valence-corrected chi connectivity index (χ4v) is 2.79. The van der Waals surface area contributed by atoms with E-state index in [0.717, 1.165) is 63.9 Å². The fourth-order valence-electron chi connectivity index (χ4n) is 2.79. The molecular formula is C17H30N4O2. The van der Waals surface area contributed by atoms with Gasteiger partial charge < -0.3 is 14.7 Å². The molecule has 2 rings (SSSR count). The number of nitrogens with zero attached hydrogens (tertiary/aromatic N) is 4. The summed E-state index contributed by atoms with van der Waals surface area (Å²) in [6.07, 6.45) is 4.64. The van der Waals surface area contributed by atoms with Crippen molar-refractivity contribution in [2.24, 2.45) is 5.41 Å². The Morgan fingerprint density at radius 2 is 1.87 bits per heavy atom. The molecule has 1 aliphatic rings. The minimum Gasteiger partial charge on any atom is -0.396 e. The number of morpholine rings is 1. The molecule has 1 aromatic heterocycles. The lowest BCUT2D eigenvalue weighted by atomic mass is 9.96. The van der Waals surface area contributed by atoms with E-state index in [2.05, 4.69) is 40.5 Å². The maximum atomic E-state index is 9.09. The van der Waals surface area contributed by atoms with Gasteiger partial charge in [-0.25, -0.2) is 9.97 Å².